The predicted octanol–water partition coefficient (Wildman–Crippen LogP) is 0.817. The number of hydrogen-bond acceptors (Lipinski definition) is 5. The van der Waals surface area contributed by atoms with E-state index in [0.717, 1.165) is 0 Å². The zero-order valence-electron chi connectivity index (χ0n) is 15.0. The van der Waals surface area contributed by atoms with Crippen LogP contribution in [0.2, 0.25) is 0 Å². The molecule has 1 heterocycles. The van der Waals surface area contributed by atoms with Crippen LogP contribution < -0.4 is 0 Å². The van der Waals surface area contributed by atoms with E-state index in [4.69, 9.17) is 9.84 Å². The number of rotatable bonds is 7. The summed E-state index contributed by atoms with van der Waals surface area (Å²) >= 11 is 0. The second-order valence-electron chi connectivity index (χ2n) is 6.06. The van der Waals surface area contributed by atoms with Gasteiger partial charge in [-0.3, -0.25) is 9.59 Å². The third kappa shape index (κ3) is 4.60. The molecule has 0 aliphatic carbocycles. The molecule has 26 heavy (non-hydrogen) atoms. The molecule has 8 nitrogen and oxygen atoms in total. The van der Waals surface area contributed by atoms with Gasteiger partial charge in [0.15, 0.2) is 0 Å². The number of benzene rings is 1. The van der Waals surface area contributed by atoms with Crippen molar-refractivity contribution in [3.8, 4) is 0 Å². The second-order valence-corrected chi connectivity index (χ2v) is 7.97. The molecule has 1 saturated heterocycles. The Bertz CT molecular complexity index is 771. The fourth-order valence-electron chi connectivity index (χ4n) is 2.73. The van der Waals surface area contributed by atoms with E-state index in [1.54, 1.807) is 12.1 Å². The Balaban J connectivity index is 2.33. The maximum atomic E-state index is 13.0. The van der Waals surface area contributed by atoms with Gasteiger partial charge < -0.3 is 14.7 Å². The summed E-state index contributed by atoms with van der Waals surface area (Å²) in [6.45, 7) is 3.15. The SMILES string of the molecule is CCc1ccc(C(=O)N(C)CCC(=O)O)cc1S(=O)(=O)N1CCOCC1. The lowest BCUT2D eigenvalue weighted by molar-refractivity contribution is -0.137. The summed E-state index contributed by atoms with van der Waals surface area (Å²) in [4.78, 5) is 24.6. The molecule has 1 aliphatic rings. The molecule has 0 saturated carbocycles. The molecule has 0 radical (unpaired) electrons. The van der Waals surface area contributed by atoms with Crippen molar-refractivity contribution in [3.63, 3.8) is 0 Å². The van der Waals surface area contributed by atoms with Gasteiger partial charge in [-0.25, -0.2) is 8.42 Å². The van der Waals surface area contributed by atoms with Crippen molar-refractivity contribution in [2.24, 2.45) is 0 Å². The van der Waals surface area contributed by atoms with Crippen molar-refractivity contribution in [3.05, 3.63) is 29.3 Å². The van der Waals surface area contributed by atoms with Crippen LogP contribution in [-0.4, -0.2) is 74.5 Å². The number of hydrogen-bond donors (Lipinski definition) is 1. The van der Waals surface area contributed by atoms with Crippen molar-refractivity contribution in [2.75, 3.05) is 39.9 Å². The van der Waals surface area contributed by atoms with Gasteiger partial charge in [-0.2, -0.15) is 4.31 Å². The fourth-order valence-corrected chi connectivity index (χ4v) is 4.46. The Labute approximate surface area is 153 Å². The van der Waals surface area contributed by atoms with Crippen molar-refractivity contribution in [1.82, 2.24) is 9.21 Å². The number of ether oxygens (including phenoxy) is 1. The van der Waals surface area contributed by atoms with Gasteiger partial charge in [0.05, 0.1) is 24.5 Å². The van der Waals surface area contributed by atoms with Gasteiger partial charge in [-0.15, -0.1) is 0 Å². The molecule has 1 N–H and O–H groups in total. The first-order valence-electron chi connectivity index (χ1n) is 8.45. The first-order valence-corrected chi connectivity index (χ1v) is 9.89. The normalized spacial score (nSPS) is 15.6. The highest BCUT2D eigenvalue weighted by atomic mass is 32.2. The molecule has 1 fully saturated rings. The maximum Gasteiger partial charge on any atom is 0.305 e. The van der Waals surface area contributed by atoms with Crippen molar-refractivity contribution >= 4 is 21.9 Å². The van der Waals surface area contributed by atoms with Crippen LogP contribution in [0.3, 0.4) is 0 Å². The highest BCUT2D eigenvalue weighted by molar-refractivity contribution is 7.89. The van der Waals surface area contributed by atoms with E-state index in [2.05, 4.69) is 0 Å². The minimum atomic E-state index is -3.72. The summed E-state index contributed by atoms with van der Waals surface area (Å²) in [5, 5.41) is 8.75. The Morgan fingerprint density at radius 3 is 2.50 bits per heavy atom. The first-order chi connectivity index (χ1) is 12.3. The summed E-state index contributed by atoms with van der Waals surface area (Å²) < 4.78 is 32.6. The Morgan fingerprint density at radius 2 is 1.92 bits per heavy atom. The zero-order valence-corrected chi connectivity index (χ0v) is 15.8. The largest absolute Gasteiger partial charge is 0.481 e. The molecule has 1 aromatic carbocycles. The van der Waals surface area contributed by atoms with Gasteiger partial charge in [0.2, 0.25) is 10.0 Å². The molecule has 1 amide bonds. The standard InChI is InChI=1S/C17H24N2O6S/c1-3-13-4-5-14(17(22)18(2)7-6-16(20)21)12-15(13)26(23,24)19-8-10-25-11-9-19/h4-5,12H,3,6-11H2,1-2H3,(H,20,21). The van der Waals surface area contributed by atoms with Crippen LogP contribution >= 0.6 is 0 Å². The molecule has 1 aliphatic heterocycles. The number of carboxylic acid groups (broad SMARTS) is 1. The molecular formula is C17H24N2O6S. The van der Waals surface area contributed by atoms with Gasteiger partial charge in [0, 0.05) is 32.2 Å². The number of morpholine rings is 1. The fraction of sp³-hybridized carbons (Fsp3) is 0.529. The second kappa shape index (κ2) is 8.61. The highest BCUT2D eigenvalue weighted by Gasteiger charge is 2.29. The quantitative estimate of drug-likeness (QED) is 0.746. The van der Waals surface area contributed by atoms with Gasteiger partial charge >= 0.3 is 5.97 Å². The van der Waals surface area contributed by atoms with Crippen molar-refractivity contribution < 1.29 is 27.9 Å². The van der Waals surface area contributed by atoms with Crippen LogP contribution in [0.25, 0.3) is 0 Å². The molecule has 9 heteroatoms. The van der Waals surface area contributed by atoms with E-state index >= 15 is 0 Å². The predicted molar refractivity (Wildman–Crippen MR) is 94.6 cm³/mol. The van der Waals surface area contributed by atoms with Crippen LogP contribution in [0.1, 0.15) is 29.3 Å². The summed E-state index contributed by atoms with van der Waals surface area (Å²) in [5.41, 5.74) is 0.864. The number of carboxylic acids is 1. The van der Waals surface area contributed by atoms with Gasteiger partial charge in [-0.1, -0.05) is 13.0 Å². The molecular weight excluding hydrogens is 360 g/mol. The molecule has 0 bridgehead atoms. The topological polar surface area (TPSA) is 104 Å². The molecule has 1 aromatic rings. The van der Waals surface area contributed by atoms with E-state index in [1.165, 1.54) is 22.3 Å². The summed E-state index contributed by atoms with van der Waals surface area (Å²) in [7, 11) is -2.23. The Kier molecular flexibility index (Phi) is 6.74. The van der Waals surface area contributed by atoms with E-state index in [0.29, 0.717) is 25.2 Å². The minimum absolute atomic E-state index is 0.0508. The first kappa shape index (κ1) is 20.3. The van der Waals surface area contributed by atoms with Crippen LogP contribution in [0.15, 0.2) is 23.1 Å². The number of carbonyl (C=O) groups is 2. The zero-order chi connectivity index (χ0) is 19.3. The number of amides is 1. The van der Waals surface area contributed by atoms with E-state index < -0.39 is 21.9 Å². The van der Waals surface area contributed by atoms with Crippen LogP contribution in [0.4, 0.5) is 0 Å². The average molecular weight is 384 g/mol. The van der Waals surface area contributed by atoms with Gasteiger partial charge in [0.1, 0.15) is 0 Å². The van der Waals surface area contributed by atoms with E-state index in [1.807, 2.05) is 6.92 Å². The summed E-state index contributed by atoms with van der Waals surface area (Å²) in [6, 6.07) is 4.62. The molecule has 0 spiro atoms. The third-order valence-corrected chi connectivity index (χ3v) is 6.27. The molecule has 0 unspecified atom stereocenters. The van der Waals surface area contributed by atoms with Crippen molar-refractivity contribution in [1.29, 1.82) is 0 Å². The monoisotopic (exact) mass is 384 g/mol. The number of aliphatic carboxylic acids is 1. The van der Waals surface area contributed by atoms with Gasteiger partial charge in [-0.05, 0) is 24.1 Å². The lowest BCUT2D eigenvalue weighted by atomic mass is 10.1. The molecule has 0 aromatic heterocycles. The van der Waals surface area contributed by atoms with Crippen LogP contribution in [0, 0.1) is 0 Å². The number of aryl methyl sites for hydroxylation is 1. The number of sulfonamides is 1. The molecule has 0 atom stereocenters. The Morgan fingerprint density at radius 1 is 1.27 bits per heavy atom. The molecule has 2 rings (SSSR count). The third-order valence-electron chi connectivity index (χ3n) is 4.29. The van der Waals surface area contributed by atoms with Crippen LogP contribution in [0.5, 0.6) is 0 Å². The maximum absolute atomic E-state index is 13.0. The average Bonchev–Trinajstić information content (AvgIpc) is 2.65. The van der Waals surface area contributed by atoms with Crippen LogP contribution in [-0.2, 0) is 26.0 Å². The number of nitrogens with zero attached hydrogens (tertiary/aromatic N) is 2. The van der Waals surface area contributed by atoms with Crippen molar-refractivity contribution in [2.45, 2.75) is 24.7 Å². The van der Waals surface area contributed by atoms with Gasteiger partial charge in [0.25, 0.3) is 5.91 Å². The highest BCUT2D eigenvalue weighted by Crippen LogP contribution is 2.24. The van der Waals surface area contributed by atoms with E-state index in [-0.39, 0.29) is 36.5 Å². The lowest BCUT2D eigenvalue weighted by Crippen LogP contribution is -2.41. The summed E-state index contributed by atoms with van der Waals surface area (Å²) in [6.07, 6.45) is 0.344. The smallest absolute Gasteiger partial charge is 0.305 e. The molecule has 144 valence electrons. The lowest BCUT2D eigenvalue weighted by Gasteiger charge is -2.27. The number of carbonyl (C=O) groups excluding carboxylic acids is 1. The Hall–Kier alpha value is -1.97. The van der Waals surface area contributed by atoms with E-state index in [9.17, 15) is 18.0 Å². The summed E-state index contributed by atoms with van der Waals surface area (Å²) in [5.74, 6) is -1.41. The minimum Gasteiger partial charge on any atom is -0.481 e.